The maximum absolute atomic E-state index is 12.9. The van der Waals surface area contributed by atoms with Crippen LogP contribution in [0, 0.1) is 0 Å². The summed E-state index contributed by atoms with van der Waals surface area (Å²) < 4.78 is 5.77. The van der Waals surface area contributed by atoms with Gasteiger partial charge in [-0.2, -0.15) is 4.98 Å². The minimum absolute atomic E-state index is 0.0785. The molecule has 3 aliphatic rings. The van der Waals surface area contributed by atoms with E-state index in [1.54, 1.807) is 25.3 Å². The molecule has 200 valence electrons. The number of anilines is 5. The quantitative estimate of drug-likeness (QED) is 0.596. The summed E-state index contributed by atoms with van der Waals surface area (Å²) >= 11 is 0. The summed E-state index contributed by atoms with van der Waals surface area (Å²) in [6, 6.07) is 6.94. The average molecular weight is 508 g/mol. The summed E-state index contributed by atoms with van der Waals surface area (Å²) in [6.07, 6.45) is 7.58. The molecule has 0 bridgehead atoms. The van der Waals surface area contributed by atoms with Crippen molar-refractivity contribution >= 4 is 34.7 Å². The standard InChI is InChI=1S/C28H41N7O2/c1-6-23-27(36)32(4)24-18-29-28(31-26(24)35(23)19(2)3)30-22-10-9-21(17-25(22)37-5)34-15-11-20(12-16-34)33-13-7-8-14-33/h9-10,17-20,23H,6-8,11-16H2,1-5H3,(H,29,30,31). The first-order valence-electron chi connectivity index (χ1n) is 13.8. The number of carbonyl (C=O) groups is 1. The zero-order valence-corrected chi connectivity index (χ0v) is 22.9. The molecule has 0 saturated carbocycles. The predicted octanol–water partition coefficient (Wildman–Crippen LogP) is 4.26. The Labute approximate surface area is 220 Å². The molecule has 9 heteroatoms. The van der Waals surface area contributed by atoms with Crippen LogP contribution < -0.4 is 24.8 Å². The first-order valence-corrected chi connectivity index (χ1v) is 13.8. The maximum atomic E-state index is 12.9. The number of ether oxygens (including phenoxy) is 1. The van der Waals surface area contributed by atoms with E-state index in [-0.39, 0.29) is 18.0 Å². The van der Waals surface area contributed by atoms with Crippen LogP contribution in [0.15, 0.2) is 24.4 Å². The second-order valence-corrected chi connectivity index (χ2v) is 10.7. The van der Waals surface area contributed by atoms with Crippen molar-refractivity contribution < 1.29 is 9.53 Å². The van der Waals surface area contributed by atoms with Crippen molar-refractivity contribution in [1.82, 2.24) is 14.9 Å². The Bertz CT molecular complexity index is 1110. The fourth-order valence-electron chi connectivity index (χ4n) is 6.13. The Morgan fingerprint density at radius 2 is 1.86 bits per heavy atom. The van der Waals surface area contributed by atoms with Crippen LogP contribution in [0.4, 0.5) is 28.8 Å². The number of methoxy groups -OCH3 is 1. The molecule has 1 aromatic carbocycles. The van der Waals surface area contributed by atoms with Gasteiger partial charge >= 0.3 is 0 Å². The van der Waals surface area contributed by atoms with Crippen LogP contribution in [0.2, 0.25) is 0 Å². The lowest BCUT2D eigenvalue weighted by atomic mass is 10.0. The highest BCUT2D eigenvalue weighted by Crippen LogP contribution is 2.38. The number of nitrogens with one attached hydrogen (secondary N) is 1. The zero-order chi connectivity index (χ0) is 26.1. The second kappa shape index (κ2) is 10.7. The molecule has 1 N–H and O–H groups in total. The molecule has 2 saturated heterocycles. The first-order chi connectivity index (χ1) is 17.9. The largest absolute Gasteiger partial charge is 0.494 e. The summed E-state index contributed by atoms with van der Waals surface area (Å²) in [5, 5.41) is 3.36. The maximum Gasteiger partial charge on any atom is 0.249 e. The molecular weight excluding hydrogens is 466 g/mol. The fraction of sp³-hybridized carbons (Fsp3) is 0.607. The molecule has 5 rings (SSSR count). The molecule has 3 aliphatic heterocycles. The van der Waals surface area contributed by atoms with Crippen LogP contribution >= 0.6 is 0 Å². The Hall–Kier alpha value is -3.07. The van der Waals surface area contributed by atoms with Crippen LogP contribution in [0.1, 0.15) is 52.9 Å². The van der Waals surface area contributed by atoms with E-state index in [4.69, 9.17) is 9.72 Å². The first kappa shape index (κ1) is 25.6. The highest BCUT2D eigenvalue weighted by Gasteiger charge is 2.38. The lowest BCUT2D eigenvalue weighted by Gasteiger charge is -2.42. The number of fused-ring (bicyclic) bond motifs is 1. The lowest BCUT2D eigenvalue weighted by Crippen LogP contribution is -2.54. The van der Waals surface area contributed by atoms with Crippen molar-refractivity contribution in [3.05, 3.63) is 24.4 Å². The summed E-state index contributed by atoms with van der Waals surface area (Å²) in [5.41, 5.74) is 2.74. The zero-order valence-electron chi connectivity index (χ0n) is 22.9. The third-order valence-corrected chi connectivity index (χ3v) is 8.17. The van der Waals surface area contributed by atoms with Crippen molar-refractivity contribution in [1.29, 1.82) is 0 Å². The van der Waals surface area contributed by atoms with E-state index in [1.165, 1.54) is 44.5 Å². The van der Waals surface area contributed by atoms with Gasteiger partial charge < -0.3 is 29.7 Å². The lowest BCUT2D eigenvalue weighted by molar-refractivity contribution is -0.120. The third-order valence-electron chi connectivity index (χ3n) is 8.17. The number of likely N-dealkylation sites (tertiary alicyclic amines) is 1. The van der Waals surface area contributed by atoms with E-state index >= 15 is 0 Å². The van der Waals surface area contributed by atoms with Crippen LogP contribution in [0.25, 0.3) is 0 Å². The highest BCUT2D eigenvalue weighted by atomic mass is 16.5. The van der Waals surface area contributed by atoms with Gasteiger partial charge in [-0.15, -0.1) is 0 Å². The molecule has 0 aliphatic carbocycles. The van der Waals surface area contributed by atoms with Crippen LogP contribution in [0.3, 0.4) is 0 Å². The number of benzene rings is 1. The summed E-state index contributed by atoms with van der Waals surface area (Å²) in [6.45, 7) is 10.9. The Kier molecular flexibility index (Phi) is 7.42. The van der Waals surface area contributed by atoms with E-state index in [2.05, 4.69) is 51.0 Å². The summed E-state index contributed by atoms with van der Waals surface area (Å²) in [7, 11) is 3.50. The van der Waals surface area contributed by atoms with Crippen LogP contribution in [-0.4, -0.2) is 79.2 Å². The minimum Gasteiger partial charge on any atom is -0.494 e. The molecule has 0 radical (unpaired) electrons. The van der Waals surface area contributed by atoms with Crippen molar-refractivity contribution in [2.75, 3.05) is 60.4 Å². The van der Waals surface area contributed by atoms with Gasteiger partial charge in [0.1, 0.15) is 17.5 Å². The number of amides is 1. The number of hydrogen-bond donors (Lipinski definition) is 1. The molecule has 1 atom stereocenters. The number of piperidine rings is 1. The topological polar surface area (TPSA) is 77.1 Å². The molecule has 1 aromatic heterocycles. The molecule has 0 spiro atoms. The predicted molar refractivity (Wildman–Crippen MR) is 149 cm³/mol. The van der Waals surface area contributed by atoms with Gasteiger partial charge in [0.2, 0.25) is 11.9 Å². The van der Waals surface area contributed by atoms with Gasteiger partial charge in [0, 0.05) is 44.0 Å². The molecule has 4 heterocycles. The van der Waals surface area contributed by atoms with E-state index in [0.29, 0.717) is 5.95 Å². The molecular formula is C28H41N7O2. The van der Waals surface area contributed by atoms with Gasteiger partial charge in [-0.3, -0.25) is 4.79 Å². The van der Waals surface area contributed by atoms with Crippen molar-refractivity contribution in [3.63, 3.8) is 0 Å². The smallest absolute Gasteiger partial charge is 0.249 e. The Morgan fingerprint density at radius 3 is 2.51 bits per heavy atom. The van der Waals surface area contributed by atoms with Gasteiger partial charge in [-0.1, -0.05) is 6.92 Å². The van der Waals surface area contributed by atoms with E-state index in [9.17, 15) is 4.79 Å². The summed E-state index contributed by atoms with van der Waals surface area (Å²) in [5.74, 6) is 2.10. The highest BCUT2D eigenvalue weighted by molar-refractivity contribution is 6.04. The van der Waals surface area contributed by atoms with E-state index in [1.807, 2.05) is 13.0 Å². The van der Waals surface area contributed by atoms with Crippen molar-refractivity contribution in [2.24, 2.45) is 0 Å². The number of hydrogen-bond acceptors (Lipinski definition) is 8. The normalized spacial score (nSPS) is 21.1. The van der Waals surface area contributed by atoms with Gasteiger partial charge in [-0.25, -0.2) is 4.98 Å². The molecule has 2 fully saturated rings. The van der Waals surface area contributed by atoms with Gasteiger partial charge in [-0.05, 0) is 71.2 Å². The van der Waals surface area contributed by atoms with Crippen molar-refractivity contribution in [2.45, 2.75) is 71.0 Å². The molecule has 2 aromatic rings. The van der Waals surface area contributed by atoms with Crippen LogP contribution in [0.5, 0.6) is 5.75 Å². The number of rotatable bonds is 7. The number of likely N-dealkylation sites (N-methyl/N-ethyl adjacent to an activating group) is 1. The third kappa shape index (κ3) is 4.93. The van der Waals surface area contributed by atoms with Crippen molar-refractivity contribution in [3.8, 4) is 5.75 Å². The molecule has 9 nitrogen and oxygen atoms in total. The summed E-state index contributed by atoms with van der Waals surface area (Å²) in [4.78, 5) is 31.3. The average Bonchev–Trinajstić information content (AvgIpc) is 3.46. The minimum atomic E-state index is -0.233. The van der Waals surface area contributed by atoms with Gasteiger partial charge in [0.15, 0.2) is 5.82 Å². The monoisotopic (exact) mass is 507 g/mol. The molecule has 1 amide bonds. The SMILES string of the molecule is CCC1C(=O)N(C)c2cnc(Nc3ccc(N4CCC(N5CCCC5)CC4)cc3OC)nc2N1C(C)C. The second-order valence-electron chi connectivity index (χ2n) is 10.7. The number of aromatic nitrogens is 2. The van der Waals surface area contributed by atoms with Crippen LogP contribution in [-0.2, 0) is 4.79 Å². The fourth-order valence-corrected chi connectivity index (χ4v) is 6.13. The van der Waals surface area contributed by atoms with Gasteiger partial charge in [0.25, 0.3) is 0 Å². The molecule has 37 heavy (non-hydrogen) atoms. The van der Waals surface area contributed by atoms with E-state index < -0.39 is 0 Å². The van der Waals surface area contributed by atoms with Gasteiger partial charge in [0.05, 0.1) is 19.0 Å². The Balaban J connectivity index is 1.34. The number of carbonyl (C=O) groups excluding carboxylic acids is 1. The number of nitrogens with zero attached hydrogens (tertiary/aromatic N) is 6. The van der Waals surface area contributed by atoms with E-state index in [0.717, 1.165) is 48.5 Å². The Morgan fingerprint density at radius 1 is 1.14 bits per heavy atom. The molecule has 1 unspecified atom stereocenters.